The predicted octanol–water partition coefficient (Wildman–Crippen LogP) is 0.0676. The molecule has 0 aromatic heterocycles. The Morgan fingerprint density at radius 3 is 2.93 bits per heavy atom. The van der Waals surface area contributed by atoms with E-state index in [2.05, 4.69) is 24.2 Å². The van der Waals surface area contributed by atoms with Crippen LogP contribution in [-0.4, -0.2) is 62.0 Å². The van der Waals surface area contributed by atoms with Crippen molar-refractivity contribution >= 4 is 0 Å². The van der Waals surface area contributed by atoms with Crippen LogP contribution < -0.4 is 5.32 Å². The molecule has 1 aliphatic heterocycles. The zero-order valence-electron chi connectivity index (χ0n) is 9.91. The summed E-state index contributed by atoms with van der Waals surface area (Å²) in [5.74, 6) is 0. The lowest BCUT2D eigenvalue weighted by atomic mass is 9.99. The molecule has 0 radical (unpaired) electrons. The zero-order valence-corrected chi connectivity index (χ0v) is 9.91. The van der Waals surface area contributed by atoms with Gasteiger partial charge in [0.1, 0.15) is 0 Å². The molecule has 0 spiro atoms. The van der Waals surface area contributed by atoms with E-state index < -0.39 is 0 Å². The number of hydrogen-bond donors (Lipinski definition) is 2. The number of nitrogens with one attached hydrogen (secondary N) is 1. The maximum absolute atomic E-state index is 8.53. The Kier molecular flexibility index (Phi) is 6.17. The third-order valence-electron chi connectivity index (χ3n) is 3.12. The van der Waals surface area contributed by atoms with Gasteiger partial charge in [0.15, 0.2) is 0 Å². The number of ether oxygens (including phenoxy) is 1. The van der Waals surface area contributed by atoms with Gasteiger partial charge in [0.2, 0.25) is 0 Å². The van der Waals surface area contributed by atoms with Gasteiger partial charge in [-0.2, -0.15) is 0 Å². The molecule has 1 aliphatic rings. The van der Waals surface area contributed by atoms with E-state index >= 15 is 0 Å². The van der Waals surface area contributed by atoms with Crippen molar-refractivity contribution in [1.82, 2.24) is 10.2 Å². The summed E-state index contributed by atoms with van der Waals surface area (Å²) in [4.78, 5) is 2.40. The van der Waals surface area contributed by atoms with Gasteiger partial charge in [-0.15, -0.1) is 0 Å². The maximum atomic E-state index is 8.53. The van der Waals surface area contributed by atoms with E-state index in [4.69, 9.17) is 9.84 Å². The molecule has 1 heterocycles. The Balaban J connectivity index is 2.02. The van der Waals surface area contributed by atoms with E-state index in [9.17, 15) is 0 Å². The summed E-state index contributed by atoms with van der Waals surface area (Å²) >= 11 is 0. The highest BCUT2D eigenvalue weighted by Crippen LogP contribution is 2.14. The molecule has 1 saturated heterocycles. The highest BCUT2D eigenvalue weighted by molar-refractivity contribution is 4.80. The van der Waals surface area contributed by atoms with Crippen molar-refractivity contribution in [3.63, 3.8) is 0 Å². The fourth-order valence-electron chi connectivity index (χ4n) is 1.98. The molecule has 4 nitrogen and oxygen atoms in total. The Morgan fingerprint density at radius 2 is 2.27 bits per heavy atom. The number of likely N-dealkylation sites (tertiary alicyclic amines) is 1. The van der Waals surface area contributed by atoms with Gasteiger partial charge in [0.05, 0.1) is 19.8 Å². The van der Waals surface area contributed by atoms with Crippen LogP contribution in [0.5, 0.6) is 0 Å². The van der Waals surface area contributed by atoms with Crippen molar-refractivity contribution < 1.29 is 9.84 Å². The summed E-state index contributed by atoms with van der Waals surface area (Å²) in [6.07, 6.45) is 2.44. The van der Waals surface area contributed by atoms with Crippen LogP contribution in [0.3, 0.4) is 0 Å². The third kappa shape index (κ3) is 4.93. The Hall–Kier alpha value is -0.160. The van der Waals surface area contributed by atoms with Crippen molar-refractivity contribution in [2.24, 2.45) is 0 Å². The van der Waals surface area contributed by atoms with Crippen LogP contribution in [0, 0.1) is 0 Å². The molecule has 90 valence electrons. The molecule has 0 aromatic carbocycles. The molecule has 1 fully saturated rings. The molecule has 15 heavy (non-hydrogen) atoms. The van der Waals surface area contributed by atoms with Gasteiger partial charge in [0, 0.05) is 18.6 Å². The normalized spacial score (nSPS) is 28.2. The molecule has 4 heteroatoms. The Morgan fingerprint density at radius 1 is 1.47 bits per heavy atom. The molecule has 0 saturated carbocycles. The molecule has 2 N–H and O–H groups in total. The van der Waals surface area contributed by atoms with Crippen LogP contribution in [0.4, 0.5) is 0 Å². The first kappa shape index (κ1) is 12.9. The second-order valence-electron chi connectivity index (χ2n) is 4.34. The lowest BCUT2D eigenvalue weighted by Crippen LogP contribution is -2.46. The number of hydrogen-bond acceptors (Lipinski definition) is 4. The molecule has 0 aliphatic carbocycles. The molecule has 1 rings (SSSR count). The van der Waals surface area contributed by atoms with E-state index in [0.29, 0.717) is 25.3 Å². The van der Waals surface area contributed by atoms with Crippen LogP contribution in [0.1, 0.15) is 19.8 Å². The molecule has 2 atom stereocenters. The highest BCUT2D eigenvalue weighted by atomic mass is 16.5. The number of nitrogens with zero attached hydrogens (tertiary/aromatic N) is 1. The maximum Gasteiger partial charge on any atom is 0.0698 e. The first-order valence-electron chi connectivity index (χ1n) is 5.86. The number of aliphatic hydroxyl groups is 1. The van der Waals surface area contributed by atoms with Crippen molar-refractivity contribution in [2.45, 2.75) is 31.8 Å². The Labute approximate surface area is 92.6 Å². The molecular weight excluding hydrogens is 192 g/mol. The number of aliphatic hydroxyl groups excluding tert-OH is 1. The summed E-state index contributed by atoms with van der Waals surface area (Å²) in [5.41, 5.74) is 0. The van der Waals surface area contributed by atoms with Gasteiger partial charge in [-0.1, -0.05) is 0 Å². The summed E-state index contributed by atoms with van der Waals surface area (Å²) in [7, 11) is 2.19. The first-order valence-corrected chi connectivity index (χ1v) is 5.86. The average Bonchev–Trinajstić information content (AvgIpc) is 2.23. The van der Waals surface area contributed by atoms with E-state index in [0.717, 1.165) is 6.54 Å². The van der Waals surface area contributed by atoms with Crippen molar-refractivity contribution in [3.8, 4) is 0 Å². The zero-order chi connectivity index (χ0) is 11.1. The van der Waals surface area contributed by atoms with Crippen molar-refractivity contribution in [1.29, 1.82) is 0 Å². The van der Waals surface area contributed by atoms with Crippen LogP contribution in [-0.2, 0) is 4.74 Å². The quantitative estimate of drug-likeness (QED) is 0.617. The average molecular weight is 216 g/mol. The largest absolute Gasteiger partial charge is 0.394 e. The SMILES string of the molecule is CC1CC(NCCOCCO)CCN1C. The van der Waals surface area contributed by atoms with Crippen LogP contribution in [0.25, 0.3) is 0 Å². The van der Waals surface area contributed by atoms with Crippen LogP contribution in [0.2, 0.25) is 0 Å². The second kappa shape index (κ2) is 7.17. The van der Waals surface area contributed by atoms with Crippen molar-refractivity contribution in [2.75, 3.05) is 40.0 Å². The van der Waals surface area contributed by atoms with Gasteiger partial charge in [-0.05, 0) is 33.4 Å². The smallest absolute Gasteiger partial charge is 0.0698 e. The fraction of sp³-hybridized carbons (Fsp3) is 1.00. The minimum atomic E-state index is 0.116. The van der Waals surface area contributed by atoms with Crippen molar-refractivity contribution in [3.05, 3.63) is 0 Å². The topological polar surface area (TPSA) is 44.7 Å². The summed E-state index contributed by atoms with van der Waals surface area (Å²) in [6, 6.07) is 1.31. The monoisotopic (exact) mass is 216 g/mol. The van der Waals surface area contributed by atoms with Gasteiger partial charge in [0.25, 0.3) is 0 Å². The van der Waals surface area contributed by atoms with Gasteiger partial charge in [-0.3, -0.25) is 0 Å². The van der Waals surface area contributed by atoms with E-state index in [1.165, 1.54) is 19.4 Å². The van der Waals surface area contributed by atoms with E-state index in [1.807, 2.05) is 0 Å². The second-order valence-corrected chi connectivity index (χ2v) is 4.34. The number of piperidine rings is 1. The lowest BCUT2D eigenvalue weighted by Gasteiger charge is -2.35. The number of rotatable bonds is 6. The molecular formula is C11H24N2O2. The standard InChI is InChI=1S/C11H24N2O2/c1-10-9-11(3-5-13(10)2)12-4-7-15-8-6-14/h10-12,14H,3-9H2,1-2H3. The van der Waals surface area contributed by atoms with Gasteiger partial charge >= 0.3 is 0 Å². The molecule has 0 bridgehead atoms. The van der Waals surface area contributed by atoms with Gasteiger partial charge < -0.3 is 20.1 Å². The van der Waals surface area contributed by atoms with Gasteiger partial charge in [-0.25, -0.2) is 0 Å². The first-order chi connectivity index (χ1) is 7.24. The highest BCUT2D eigenvalue weighted by Gasteiger charge is 2.21. The summed E-state index contributed by atoms with van der Waals surface area (Å²) < 4.78 is 5.20. The molecule has 0 aromatic rings. The van der Waals surface area contributed by atoms with E-state index in [1.54, 1.807) is 0 Å². The third-order valence-corrected chi connectivity index (χ3v) is 3.12. The Bertz CT molecular complexity index is 167. The summed E-state index contributed by atoms with van der Waals surface area (Å²) in [5, 5.41) is 12.0. The minimum absolute atomic E-state index is 0.116. The van der Waals surface area contributed by atoms with E-state index in [-0.39, 0.29) is 6.61 Å². The van der Waals surface area contributed by atoms with Crippen LogP contribution >= 0.6 is 0 Å². The summed E-state index contributed by atoms with van der Waals surface area (Å²) in [6.45, 7) is 5.60. The minimum Gasteiger partial charge on any atom is -0.394 e. The fourth-order valence-corrected chi connectivity index (χ4v) is 1.98. The lowest BCUT2D eigenvalue weighted by molar-refractivity contribution is 0.0890. The molecule has 0 amide bonds. The van der Waals surface area contributed by atoms with Crippen LogP contribution in [0.15, 0.2) is 0 Å². The molecule has 2 unspecified atom stereocenters. The predicted molar refractivity (Wildman–Crippen MR) is 61.0 cm³/mol.